The van der Waals surface area contributed by atoms with Crippen molar-refractivity contribution in [3.8, 4) is 11.5 Å². The van der Waals surface area contributed by atoms with Gasteiger partial charge in [-0.05, 0) is 41.8 Å². The van der Waals surface area contributed by atoms with E-state index in [0.717, 1.165) is 23.3 Å². The summed E-state index contributed by atoms with van der Waals surface area (Å²) < 4.78 is 15.2. The highest BCUT2D eigenvalue weighted by Crippen LogP contribution is 2.22. The number of guanidine groups is 1. The summed E-state index contributed by atoms with van der Waals surface area (Å²) in [5.74, 6) is 1.40. The van der Waals surface area contributed by atoms with Crippen LogP contribution in [0, 0.1) is 0 Å². The van der Waals surface area contributed by atoms with E-state index in [1.54, 1.807) is 32.4 Å². The largest absolute Gasteiger partial charge is 0.497 e. The first-order chi connectivity index (χ1) is 14.0. The summed E-state index contributed by atoms with van der Waals surface area (Å²) in [7, 11) is 6.16. The van der Waals surface area contributed by atoms with E-state index in [0.29, 0.717) is 35.4 Å². The van der Waals surface area contributed by atoms with E-state index < -0.39 is 5.97 Å². The molecule has 0 heterocycles. The van der Waals surface area contributed by atoms with Crippen molar-refractivity contribution < 1.29 is 19.0 Å². The lowest BCUT2D eigenvalue weighted by molar-refractivity contribution is 0.0597. The smallest absolute Gasteiger partial charge is 0.341 e. The second-order valence-corrected chi connectivity index (χ2v) is 6.49. The summed E-state index contributed by atoms with van der Waals surface area (Å²) in [6, 6.07) is 11.0. The number of methoxy groups -OCH3 is 3. The van der Waals surface area contributed by atoms with Crippen molar-refractivity contribution in [1.29, 1.82) is 0 Å². The highest BCUT2D eigenvalue weighted by Gasteiger charge is 2.13. The van der Waals surface area contributed by atoms with Crippen molar-refractivity contribution in [3.63, 3.8) is 0 Å². The molecule has 2 aromatic rings. The average molecular weight is 548 g/mol. The highest BCUT2D eigenvalue weighted by atomic mass is 127. The molecule has 0 aliphatic heterocycles. The van der Waals surface area contributed by atoms with Crippen LogP contribution in [0.5, 0.6) is 11.5 Å². The Morgan fingerprint density at radius 3 is 2.43 bits per heavy atom. The molecule has 0 saturated carbocycles. The molecular formula is C21H27ClIN3O4. The molecule has 2 rings (SSSR count). The molecule has 0 bridgehead atoms. The molecule has 7 nitrogen and oxygen atoms in total. The Kier molecular flexibility index (Phi) is 11.3. The lowest BCUT2D eigenvalue weighted by Gasteiger charge is -2.14. The number of hydrogen-bond acceptors (Lipinski definition) is 5. The predicted molar refractivity (Wildman–Crippen MR) is 130 cm³/mol. The average Bonchev–Trinajstić information content (AvgIpc) is 2.76. The summed E-state index contributed by atoms with van der Waals surface area (Å²) >= 11 is 6.27. The zero-order chi connectivity index (χ0) is 21.2. The fraction of sp³-hybridized carbons (Fsp3) is 0.333. The molecule has 0 radical (unpaired) electrons. The standard InChI is InChI=1S/C21H26ClN3O4.HI/c1-23-21(24-10-9-15-6-7-16(27-2)12-18(15)22)25-13-14-5-8-19(28-3)17(11-14)20(26)29-4;/h5-8,11-12H,9-10,13H2,1-4H3,(H2,23,24,25);1H. The van der Waals surface area contributed by atoms with Crippen LogP contribution in [0.15, 0.2) is 41.4 Å². The van der Waals surface area contributed by atoms with Crippen LogP contribution in [-0.2, 0) is 17.7 Å². The molecule has 0 amide bonds. The first kappa shape index (κ1) is 25.8. The van der Waals surface area contributed by atoms with Gasteiger partial charge in [-0.1, -0.05) is 23.7 Å². The van der Waals surface area contributed by atoms with Gasteiger partial charge in [0.15, 0.2) is 5.96 Å². The van der Waals surface area contributed by atoms with E-state index in [9.17, 15) is 4.79 Å². The molecule has 164 valence electrons. The first-order valence-electron chi connectivity index (χ1n) is 9.04. The molecule has 0 spiro atoms. The van der Waals surface area contributed by atoms with E-state index in [1.165, 1.54) is 14.2 Å². The van der Waals surface area contributed by atoms with Gasteiger partial charge >= 0.3 is 5.97 Å². The van der Waals surface area contributed by atoms with Gasteiger partial charge < -0.3 is 24.8 Å². The number of ether oxygens (including phenoxy) is 3. The third kappa shape index (κ3) is 7.24. The maximum absolute atomic E-state index is 11.9. The van der Waals surface area contributed by atoms with Crippen molar-refractivity contribution in [1.82, 2.24) is 10.6 Å². The van der Waals surface area contributed by atoms with Gasteiger partial charge in [0.2, 0.25) is 0 Å². The molecule has 0 saturated heterocycles. The number of carbonyl (C=O) groups is 1. The van der Waals surface area contributed by atoms with Gasteiger partial charge in [0.05, 0.1) is 21.3 Å². The lowest BCUT2D eigenvalue weighted by atomic mass is 10.1. The number of aliphatic imine (C=N–C) groups is 1. The monoisotopic (exact) mass is 547 g/mol. The number of rotatable bonds is 8. The van der Waals surface area contributed by atoms with Gasteiger partial charge in [-0.15, -0.1) is 24.0 Å². The number of nitrogens with one attached hydrogen (secondary N) is 2. The third-order valence-corrected chi connectivity index (χ3v) is 4.65. The van der Waals surface area contributed by atoms with Crippen molar-refractivity contribution in [2.24, 2.45) is 4.99 Å². The normalized spacial score (nSPS) is 10.6. The second-order valence-electron chi connectivity index (χ2n) is 6.09. The number of esters is 1. The Bertz CT molecular complexity index is 877. The van der Waals surface area contributed by atoms with Gasteiger partial charge in [-0.25, -0.2) is 4.79 Å². The van der Waals surface area contributed by atoms with Gasteiger partial charge in [0, 0.05) is 25.2 Å². The van der Waals surface area contributed by atoms with Crippen LogP contribution in [0.3, 0.4) is 0 Å². The van der Waals surface area contributed by atoms with Crippen LogP contribution in [0.4, 0.5) is 0 Å². The summed E-state index contributed by atoms with van der Waals surface area (Å²) in [5, 5.41) is 7.14. The van der Waals surface area contributed by atoms with Crippen molar-refractivity contribution in [2.45, 2.75) is 13.0 Å². The van der Waals surface area contributed by atoms with E-state index >= 15 is 0 Å². The Balaban J connectivity index is 0.00000450. The van der Waals surface area contributed by atoms with Crippen molar-refractivity contribution in [3.05, 3.63) is 58.1 Å². The van der Waals surface area contributed by atoms with E-state index in [2.05, 4.69) is 15.6 Å². The molecule has 0 unspecified atom stereocenters. The number of carbonyl (C=O) groups excluding carboxylic acids is 1. The fourth-order valence-corrected chi connectivity index (χ4v) is 2.98. The Hall–Kier alpha value is -2.20. The fourth-order valence-electron chi connectivity index (χ4n) is 2.71. The molecule has 2 N–H and O–H groups in total. The van der Waals surface area contributed by atoms with E-state index in [-0.39, 0.29) is 24.0 Å². The minimum Gasteiger partial charge on any atom is -0.497 e. The van der Waals surface area contributed by atoms with Crippen LogP contribution in [0.1, 0.15) is 21.5 Å². The van der Waals surface area contributed by atoms with E-state index in [4.69, 9.17) is 25.8 Å². The molecule has 0 aliphatic carbocycles. The van der Waals surface area contributed by atoms with Crippen LogP contribution >= 0.6 is 35.6 Å². The Labute approximate surface area is 199 Å². The van der Waals surface area contributed by atoms with Gasteiger partial charge in [0.25, 0.3) is 0 Å². The molecule has 0 aliphatic rings. The van der Waals surface area contributed by atoms with Crippen molar-refractivity contribution >= 4 is 47.5 Å². The minimum atomic E-state index is -0.442. The van der Waals surface area contributed by atoms with Crippen LogP contribution in [0.25, 0.3) is 0 Å². The minimum absolute atomic E-state index is 0. The quantitative estimate of drug-likeness (QED) is 0.227. The van der Waals surface area contributed by atoms with Crippen molar-refractivity contribution in [2.75, 3.05) is 34.9 Å². The Morgan fingerprint density at radius 2 is 1.83 bits per heavy atom. The van der Waals surface area contributed by atoms with Crippen LogP contribution in [0.2, 0.25) is 5.02 Å². The number of halogens is 2. The van der Waals surface area contributed by atoms with Gasteiger partial charge in [-0.3, -0.25) is 4.99 Å². The summed E-state index contributed by atoms with van der Waals surface area (Å²) in [6.45, 7) is 1.14. The molecule has 0 aromatic heterocycles. The second kappa shape index (κ2) is 13.2. The third-order valence-electron chi connectivity index (χ3n) is 4.30. The van der Waals surface area contributed by atoms with Crippen LogP contribution in [-0.4, -0.2) is 46.9 Å². The van der Waals surface area contributed by atoms with Crippen LogP contribution < -0.4 is 20.1 Å². The molecule has 30 heavy (non-hydrogen) atoms. The molecule has 9 heteroatoms. The SMILES string of the molecule is CN=C(NCCc1ccc(OC)cc1Cl)NCc1ccc(OC)c(C(=O)OC)c1.I. The topological polar surface area (TPSA) is 81.2 Å². The summed E-state index contributed by atoms with van der Waals surface area (Å²) in [4.78, 5) is 16.1. The maximum Gasteiger partial charge on any atom is 0.341 e. The molecular weight excluding hydrogens is 521 g/mol. The van der Waals surface area contributed by atoms with Gasteiger partial charge in [0.1, 0.15) is 17.1 Å². The van der Waals surface area contributed by atoms with E-state index in [1.807, 2.05) is 18.2 Å². The summed E-state index contributed by atoms with van der Waals surface area (Å²) in [6.07, 6.45) is 0.735. The lowest BCUT2D eigenvalue weighted by Crippen LogP contribution is -2.37. The highest BCUT2D eigenvalue weighted by molar-refractivity contribution is 14.0. The molecule has 0 fully saturated rings. The maximum atomic E-state index is 11.9. The first-order valence-corrected chi connectivity index (χ1v) is 9.42. The predicted octanol–water partition coefficient (Wildman–Crippen LogP) is 3.67. The Morgan fingerprint density at radius 1 is 1.07 bits per heavy atom. The zero-order valence-corrected chi connectivity index (χ0v) is 20.5. The zero-order valence-electron chi connectivity index (χ0n) is 17.5. The molecule has 0 atom stereocenters. The summed E-state index contributed by atoms with van der Waals surface area (Å²) in [5.41, 5.74) is 2.30. The van der Waals surface area contributed by atoms with Gasteiger partial charge in [-0.2, -0.15) is 0 Å². The molecule has 2 aromatic carbocycles. The number of benzene rings is 2. The number of nitrogens with zero attached hydrogens (tertiary/aromatic N) is 1. The number of hydrogen-bond donors (Lipinski definition) is 2.